The molecule has 0 spiro atoms. The Bertz CT molecular complexity index is 563. The fourth-order valence-electron chi connectivity index (χ4n) is 1.35. The highest BCUT2D eigenvalue weighted by Crippen LogP contribution is 2.37. The Morgan fingerprint density at radius 2 is 1.53 bits per heavy atom. The average molecular weight is 311 g/mol. The summed E-state index contributed by atoms with van der Waals surface area (Å²) in [5.74, 6) is -0.744. The number of halogens is 5. The van der Waals surface area contributed by atoms with Gasteiger partial charge in [-0.25, -0.2) is 4.98 Å². The van der Waals surface area contributed by atoms with Crippen molar-refractivity contribution < 1.29 is 4.39 Å². The van der Waals surface area contributed by atoms with Gasteiger partial charge in [0.25, 0.3) is 0 Å². The molecule has 0 aliphatic carbocycles. The third-order valence-electron chi connectivity index (χ3n) is 2.14. The first kappa shape index (κ1) is 12.9. The molecule has 0 fully saturated rings. The normalized spacial score (nSPS) is 10.6. The number of rotatable bonds is 1. The van der Waals surface area contributed by atoms with E-state index in [1.54, 1.807) is 18.2 Å². The van der Waals surface area contributed by atoms with E-state index in [9.17, 15) is 4.39 Å². The standard InChI is InChI=1S/C11H4Cl4FN/c12-7-3-5(4-8(13)10(7)15)6-1-2-17-11(16)9(6)14/h1-4H. The number of pyridine rings is 1. The second-order valence-corrected chi connectivity index (χ2v) is 4.79. The van der Waals surface area contributed by atoms with Crippen LogP contribution in [0.25, 0.3) is 11.1 Å². The summed E-state index contributed by atoms with van der Waals surface area (Å²) in [6.45, 7) is 0. The molecular formula is C11H4Cl4FN. The average Bonchev–Trinajstić information content (AvgIpc) is 2.29. The fraction of sp³-hybridized carbons (Fsp3) is 0. The lowest BCUT2D eigenvalue weighted by Gasteiger charge is -2.07. The van der Waals surface area contributed by atoms with Gasteiger partial charge in [-0.2, -0.15) is 4.39 Å². The van der Waals surface area contributed by atoms with E-state index in [0.717, 1.165) is 0 Å². The Morgan fingerprint density at radius 1 is 0.941 bits per heavy atom. The summed E-state index contributed by atoms with van der Waals surface area (Å²) in [5.41, 5.74) is 1.04. The third kappa shape index (κ3) is 2.50. The highest BCUT2D eigenvalue weighted by Gasteiger charge is 2.12. The molecule has 2 rings (SSSR count). The minimum absolute atomic E-state index is 0.0815. The maximum Gasteiger partial charge on any atom is 0.232 e. The van der Waals surface area contributed by atoms with Crippen molar-refractivity contribution in [2.24, 2.45) is 0 Å². The Hall–Kier alpha value is -0.540. The molecule has 17 heavy (non-hydrogen) atoms. The molecule has 6 heteroatoms. The third-order valence-corrected chi connectivity index (χ3v) is 3.70. The van der Waals surface area contributed by atoms with Crippen molar-refractivity contribution in [2.75, 3.05) is 0 Å². The number of hydrogen-bond donors (Lipinski definition) is 0. The number of aromatic nitrogens is 1. The van der Waals surface area contributed by atoms with Crippen molar-refractivity contribution in [3.8, 4) is 11.1 Å². The van der Waals surface area contributed by atoms with Crippen molar-refractivity contribution in [1.82, 2.24) is 4.98 Å². The molecular weight excluding hydrogens is 307 g/mol. The zero-order valence-electron chi connectivity index (χ0n) is 8.15. The predicted molar refractivity (Wildman–Crippen MR) is 69.7 cm³/mol. The van der Waals surface area contributed by atoms with E-state index >= 15 is 0 Å². The Kier molecular flexibility index (Phi) is 3.79. The molecule has 0 saturated carbocycles. The van der Waals surface area contributed by atoms with E-state index in [4.69, 9.17) is 46.4 Å². The molecule has 1 aromatic carbocycles. The van der Waals surface area contributed by atoms with Gasteiger partial charge in [0.1, 0.15) is 5.02 Å². The Balaban J connectivity index is 2.65. The molecule has 0 N–H and O–H groups in total. The van der Waals surface area contributed by atoms with Crippen LogP contribution in [0.5, 0.6) is 0 Å². The van der Waals surface area contributed by atoms with Crippen LogP contribution in [-0.2, 0) is 0 Å². The molecule has 2 aromatic rings. The molecule has 1 nitrogen and oxygen atoms in total. The summed E-state index contributed by atoms with van der Waals surface area (Å²) in [5, 5.41) is 0.731. The van der Waals surface area contributed by atoms with Crippen LogP contribution in [-0.4, -0.2) is 4.98 Å². The predicted octanol–water partition coefficient (Wildman–Crippen LogP) is 5.50. The van der Waals surface area contributed by atoms with Gasteiger partial charge in [-0.1, -0.05) is 46.4 Å². The van der Waals surface area contributed by atoms with Crippen LogP contribution in [0.15, 0.2) is 24.4 Å². The first-order chi connectivity index (χ1) is 8.00. The van der Waals surface area contributed by atoms with Crippen LogP contribution in [0, 0.1) is 5.95 Å². The van der Waals surface area contributed by atoms with Crippen LogP contribution in [0.2, 0.25) is 20.1 Å². The van der Waals surface area contributed by atoms with Gasteiger partial charge in [0.2, 0.25) is 5.95 Å². The summed E-state index contributed by atoms with van der Waals surface area (Å²) in [7, 11) is 0. The maximum atomic E-state index is 13.2. The smallest absolute Gasteiger partial charge is 0.227 e. The zero-order chi connectivity index (χ0) is 12.6. The minimum atomic E-state index is -0.744. The van der Waals surface area contributed by atoms with Gasteiger partial charge in [0.05, 0.1) is 15.1 Å². The van der Waals surface area contributed by atoms with E-state index in [2.05, 4.69) is 4.98 Å². The van der Waals surface area contributed by atoms with Crippen LogP contribution in [0.3, 0.4) is 0 Å². The fourth-order valence-corrected chi connectivity index (χ4v) is 2.17. The minimum Gasteiger partial charge on any atom is -0.227 e. The highest BCUT2D eigenvalue weighted by molar-refractivity contribution is 6.48. The zero-order valence-corrected chi connectivity index (χ0v) is 11.2. The van der Waals surface area contributed by atoms with E-state index < -0.39 is 5.95 Å². The van der Waals surface area contributed by atoms with E-state index in [1.165, 1.54) is 6.20 Å². The van der Waals surface area contributed by atoms with Gasteiger partial charge in [-0.3, -0.25) is 0 Å². The lowest BCUT2D eigenvalue weighted by atomic mass is 10.1. The highest BCUT2D eigenvalue weighted by atomic mass is 35.5. The molecule has 88 valence electrons. The van der Waals surface area contributed by atoms with Crippen molar-refractivity contribution in [1.29, 1.82) is 0 Å². The Morgan fingerprint density at radius 3 is 2.12 bits per heavy atom. The molecule has 0 bridgehead atoms. The maximum absolute atomic E-state index is 13.2. The first-order valence-electron chi connectivity index (χ1n) is 4.45. The second-order valence-electron chi connectivity index (χ2n) is 3.22. The first-order valence-corrected chi connectivity index (χ1v) is 5.97. The SMILES string of the molecule is Fc1nccc(-c2cc(Cl)c(Cl)c(Cl)c2)c1Cl. The number of nitrogens with zero attached hydrogens (tertiary/aromatic N) is 1. The van der Waals surface area contributed by atoms with Crippen molar-refractivity contribution >= 4 is 46.4 Å². The lowest BCUT2D eigenvalue weighted by Crippen LogP contribution is -1.88. The molecule has 1 heterocycles. The molecule has 0 amide bonds. The van der Waals surface area contributed by atoms with E-state index in [-0.39, 0.29) is 20.1 Å². The molecule has 0 radical (unpaired) electrons. The summed E-state index contributed by atoms with van der Waals surface area (Å²) >= 11 is 23.4. The van der Waals surface area contributed by atoms with Crippen molar-refractivity contribution in [3.05, 3.63) is 50.4 Å². The summed E-state index contributed by atoms with van der Waals surface area (Å²) in [4.78, 5) is 3.44. The topological polar surface area (TPSA) is 12.9 Å². The molecule has 1 aromatic heterocycles. The van der Waals surface area contributed by atoms with Crippen LogP contribution in [0.1, 0.15) is 0 Å². The van der Waals surface area contributed by atoms with Gasteiger partial charge in [0.15, 0.2) is 0 Å². The summed E-state index contributed by atoms with van der Waals surface area (Å²) in [6.07, 6.45) is 1.31. The second kappa shape index (κ2) is 4.99. The van der Waals surface area contributed by atoms with Gasteiger partial charge < -0.3 is 0 Å². The van der Waals surface area contributed by atoms with Gasteiger partial charge in [-0.15, -0.1) is 0 Å². The largest absolute Gasteiger partial charge is 0.232 e. The van der Waals surface area contributed by atoms with Gasteiger partial charge in [0, 0.05) is 11.8 Å². The van der Waals surface area contributed by atoms with Crippen molar-refractivity contribution in [2.45, 2.75) is 0 Å². The molecule has 0 saturated heterocycles. The quantitative estimate of drug-likeness (QED) is 0.500. The monoisotopic (exact) mass is 309 g/mol. The number of benzene rings is 1. The summed E-state index contributed by atoms with van der Waals surface area (Å²) in [6, 6.07) is 4.70. The number of hydrogen-bond acceptors (Lipinski definition) is 1. The van der Waals surface area contributed by atoms with Gasteiger partial charge >= 0.3 is 0 Å². The molecule has 0 aliphatic heterocycles. The summed E-state index contributed by atoms with van der Waals surface area (Å²) < 4.78 is 13.2. The molecule has 0 unspecified atom stereocenters. The van der Waals surface area contributed by atoms with Gasteiger partial charge in [-0.05, 0) is 23.8 Å². The molecule has 0 aliphatic rings. The molecule has 0 atom stereocenters. The van der Waals surface area contributed by atoms with Crippen LogP contribution >= 0.6 is 46.4 Å². The van der Waals surface area contributed by atoms with E-state index in [1.807, 2.05) is 0 Å². The van der Waals surface area contributed by atoms with Crippen LogP contribution in [0.4, 0.5) is 4.39 Å². The van der Waals surface area contributed by atoms with Crippen molar-refractivity contribution in [3.63, 3.8) is 0 Å². The lowest BCUT2D eigenvalue weighted by molar-refractivity contribution is 0.585. The van der Waals surface area contributed by atoms with E-state index in [0.29, 0.717) is 11.1 Å². The Labute approximate surface area is 117 Å². The van der Waals surface area contributed by atoms with Crippen LogP contribution < -0.4 is 0 Å².